The molecule has 13 heteroatoms. The predicted octanol–water partition coefficient (Wildman–Crippen LogP) is 1.68. The van der Waals surface area contributed by atoms with Crippen molar-refractivity contribution in [2.45, 2.75) is 105 Å². The van der Waals surface area contributed by atoms with E-state index < -0.39 is 84.6 Å². The first kappa shape index (κ1) is 31.7. The molecule has 2 rings (SSSR count). The molecule has 0 N–H and O–H groups in total. The average Bonchev–Trinajstić information content (AvgIpc) is 2.73. The molecule has 1 saturated heterocycles. The van der Waals surface area contributed by atoms with E-state index in [1.165, 1.54) is 6.92 Å². The number of carbonyl (C=O) groups is 6. The van der Waals surface area contributed by atoms with Crippen molar-refractivity contribution in [2.75, 3.05) is 6.61 Å². The zero-order chi connectivity index (χ0) is 29.7. The number of carbonyl (C=O) groups excluding carboxylic acids is 6. The van der Waals surface area contributed by atoms with Gasteiger partial charge in [0.25, 0.3) is 0 Å². The van der Waals surface area contributed by atoms with E-state index in [1.54, 1.807) is 20.8 Å². The quantitative estimate of drug-likeness (QED) is 0.313. The first-order valence-electron chi connectivity index (χ1n) is 12.4. The molecule has 0 unspecified atom stereocenters. The number of rotatable bonds is 8. The Bertz CT molecular complexity index is 1030. The van der Waals surface area contributed by atoms with E-state index in [0.717, 1.165) is 27.7 Å². The van der Waals surface area contributed by atoms with E-state index >= 15 is 0 Å². The van der Waals surface area contributed by atoms with E-state index in [2.05, 4.69) is 0 Å². The summed E-state index contributed by atoms with van der Waals surface area (Å²) in [7, 11) is 0. The Morgan fingerprint density at radius 2 is 1.26 bits per heavy atom. The van der Waals surface area contributed by atoms with E-state index in [9.17, 15) is 28.8 Å². The maximum atomic E-state index is 13.5. The van der Waals surface area contributed by atoms with Gasteiger partial charge in [0.15, 0.2) is 12.2 Å². The van der Waals surface area contributed by atoms with Crippen molar-refractivity contribution < 1.29 is 61.9 Å². The van der Waals surface area contributed by atoms with Crippen LogP contribution in [-0.4, -0.2) is 79.2 Å². The van der Waals surface area contributed by atoms with Crippen LogP contribution >= 0.6 is 0 Å². The van der Waals surface area contributed by atoms with Crippen molar-refractivity contribution in [1.29, 1.82) is 0 Å². The first-order chi connectivity index (χ1) is 18.0. The minimum absolute atomic E-state index is 0.298. The lowest BCUT2D eigenvalue weighted by Crippen LogP contribution is -2.63. The number of hydrogen-bond donors (Lipinski definition) is 0. The fourth-order valence-corrected chi connectivity index (χ4v) is 4.98. The minimum Gasteiger partial charge on any atom is -0.463 e. The Morgan fingerprint density at radius 3 is 1.74 bits per heavy atom. The van der Waals surface area contributed by atoms with Gasteiger partial charge in [0.05, 0.1) is 0 Å². The van der Waals surface area contributed by atoms with Crippen molar-refractivity contribution in [3.8, 4) is 0 Å². The normalized spacial score (nSPS) is 28.0. The third-order valence-electron chi connectivity index (χ3n) is 6.08. The van der Waals surface area contributed by atoms with Crippen molar-refractivity contribution >= 4 is 35.8 Å². The van der Waals surface area contributed by atoms with Crippen LogP contribution in [-0.2, 0) is 61.9 Å². The summed E-state index contributed by atoms with van der Waals surface area (Å²) in [4.78, 5) is 72.3. The van der Waals surface area contributed by atoms with Crippen molar-refractivity contribution in [1.82, 2.24) is 0 Å². The smallest absolute Gasteiger partial charge is 0.336 e. The molecule has 0 radical (unpaired) electrons. The van der Waals surface area contributed by atoms with Crippen LogP contribution in [0.3, 0.4) is 0 Å². The van der Waals surface area contributed by atoms with Crippen LogP contribution in [0.1, 0.15) is 68.2 Å². The highest BCUT2D eigenvalue weighted by Gasteiger charge is 2.54. The molecule has 2 aliphatic rings. The summed E-state index contributed by atoms with van der Waals surface area (Å²) in [5.74, 6) is -4.33. The number of ether oxygens (including phenoxy) is 7. The molecular weight excluding hydrogens is 520 g/mol. The van der Waals surface area contributed by atoms with Gasteiger partial charge in [0, 0.05) is 52.0 Å². The third kappa shape index (κ3) is 8.77. The molecule has 0 spiro atoms. The Kier molecular flexibility index (Phi) is 10.6. The summed E-state index contributed by atoms with van der Waals surface area (Å²) >= 11 is 0. The lowest BCUT2D eigenvalue weighted by molar-refractivity contribution is -0.300. The Balaban J connectivity index is 2.48. The van der Waals surface area contributed by atoms with Gasteiger partial charge in [-0.15, -0.1) is 0 Å². The molecule has 1 aliphatic heterocycles. The summed E-state index contributed by atoms with van der Waals surface area (Å²) in [6, 6.07) is 0. The standard InChI is InChI=1S/C26H36O13/c1-12-9-18(34-14(3)28)10-26(7,8)20(12)24(32)39-25-23(37-17(6)31)22(36-16(5)30)21(35-15(4)29)19(38-25)11-33-13(2)27/h18-19,21-23,25H,9-11H2,1-8H3/t18-,19-,21-,22+,23-,25+/m1/s1. The molecule has 1 heterocycles. The zero-order valence-corrected chi connectivity index (χ0v) is 23.4. The van der Waals surface area contributed by atoms with Gasteiger partial charge < -0.3 is 33.2 Å². The van der Waals surface area contributed by atoms with Crippen LogP contribution < -0.4 is 0 Å². The molecule has 0 saturated carbocycles. The molecule has 0 aromatic rings. The van der Waals surface area contributed by atoms with Gasteiger partial charge in [-0.2, -0.15) is 0 Å². The molecule has 39 heavy (non-hydrogen) atoms. The van der Waals surface area contributed by atoms with Gasteiger partial charge in [0.2, 0.25) is 12.4 Å². The fourth-order valence-electron chi connectivity index (χ4n) is 4.98. The van der Waals surface area contributed by atoms with Gasteiger partial charge in [-0.1, -0.05) is 19.4 Å². The predicted molar refractivity (Wildman–Crippen MR) is 129 cm³/mol. The van der Waals surface area contributed by atoms with Gasteiger partial charge in [-0.3, -0.25) is 24.0 Å². The number of esters is 6. The van der Waals surface area contributed by atoms with Crippen LogP contribution in [0.25, 0.3) is 0 Å². The lowest BCUT2D eigenvalue weighted by Gasteiger charge is -2.44. The molecule has 218 valence electrons. The highest BCUT2D eigenvalue weighted by Crippen LogP contribution is 2.42. The third-order valence-corrected chi connectivity index (χ3v) is 6.08. The van der Waals surface area contributed by atoms with E-state index in [-0.39, 0.29) is 0 Å². The highest BCUT2D eigenvalue weighted by atomic mass is 16.7. The van der Waals surface area contributed by atoms with Gasteiger partial charge in [0.1, 0.15) is 18.8 Å². The summed E-state index contributed by atoms with van der Waals surface area (Å²) in [5.41, 5.74) is 0.143. The molecule has 6 atom stereocenters. The molecule has 0 amide bonds. The van der Waals surface area contributed by atoms with Gasteiger partial charge in [-0.25, -0.2) is 4.79 Å². The topological polar surface area (TPSA) is 167 Å². The molecule has 0 aromatic heterocycles. The highest BCUT2D eigenvalue weighted by molar-refractivity contribution is 5.91. The second-order valence-corrected chi connectivity index (χ2v) is 10.2. The fraction of sp³-hybridized carbons (Fsp3) is 0.692. The van der Waals surface area contributed by atoms with Crippen LogP contribution in [0.4, 0.5) is 0 Å². The monoisotopic (exact) mass is 556 g/mol. The van der Waals surface area contributed by atoms with E-state index in [4.69, 9.17) is 33.2 Å². The second kappa shape index (κ2) is 13.0. The SMILES string of the molecule is CC(=O)OC[C@H]1O[C@@H](OC(=O)C2=C(C)C[C@@H](OC(C)=O)CC2(C)C)[C@H](OC(C)=O)[C@@H](OC(C)=O)[C@@H]1OC(C)=O. The van der Waals surface area contributed by atoms with E-state index in [1.807, 2.05) is 0 Å². The van der Waals surface area contributed by atoms with Crippen LogP contribution in [0.2, 0.25) is 0 Å². The summed E-state index contributed by atoms with van der Waals surface area (Å²) in [6.45, 7) is 10.6. The minimum atomic E-state index is -1.64. The molecule has 1 aliphatic carbocycles. The van der Waals surface area contributed by atoms with Gasteiger partial charge in [-0.05, 0) is 13.3 Å². The Hall–Kier alpha value is -3.48. The summed E-state index contributed by atoms with van der Waals surface area (Å²) < 4.78 is 37.9. The summed E-state index contributed by atoms with van der Waals surface area (Å²) in [5, 5.41) is 0. The van der Waals surface area contributed by atoms with Gasteiger partial charge >= 0.3 is 35.8 Å². The van der Waals surface area contributed by atoms with Crippen molar-refractivity contribution in [3.63, 3.8) is 0 Å². The van der Waals surface area contributed by atoms with E-state index in [0.29, 0.717) is 24.0 Å². The molecule has 0 bridgehead atoms. The van der Waals surface area contributed by atoms with Crippen LogP contribution in [0, 0.1) is 5.41 Å². The largest absolute Gasteiger partial charge is 0.463 e. The molecular formula is C26H36O13. The summed E-state index contributed by atoms with van der Waals surface area (Å²) in [6.07, 6.45) is -7.06. The molecule has 13 nitrogen and oxygen atoms in total. The second-order valence-electron chi connectivity index (χ2n) is 10.2. The first-order valence-corrected chi connectivity index (χ1v) is 12.4. The van der Waals surface area contributed by atoms with Crippen molar-refractivity contribution in [2.24, 2.45) is 5.41 Å². The Morgan fingerprint density at radius 1 is 0.744 bits per heavy atom. The molecule has 0 aromatic carbocycles. The maximum Gasteiger partial charge on any atom is 0.336 e. The number of hydrogen-bond acceptors (Lipinski definition) is 13. The van der Waals surface area contributed by atoms with Crippen LogP contribution in [0.5, 0.6) is 0 Å². The van der Waals surface area contributed by atoms with Crippen LogP contribution in [0.15, 0.2) is 11.1 Å². The maximum absolute atomic E-state index is 13.5. The lowest BCUT2D eigenvalue weighted by atomic mass is 9.71. The average molecular weight is 557 g/mol. The van der Waals surface area contributed by atoms with Crippen molar-refractivity contribution in [3.05, 3.63) is 11.1 Å². The Labute approximate surface area is 226 Å². The zero-order valence-electron chi connectivity index (χ0n) is 23.4. The molecule has 1 fully saturated rings.